The fourth-order valence-corrected chi connectivity index (χ4v) is 3.04. The molecule has 1 amide bonds. The Morgan fingerprint density at radius 2 is 2.00 bits per heavy atom. The molecule has 0 spiro atoms. The van der Waals surface area contributed by atoms with Crippen molar-refractivity contribution < 1.29 is 9.53 Å². The molecule has 3 rings (SSSR count). The third-order valence-electron chi connectivity index (χ3n) is 4.44. The zero-order chi connectivity index (χ0) is 17.6. The summed E-state index contributed by atoms with van der Waals surface area (Å²) in [5, 5.41) is 0.635. The second-order valence-corrected chi connectivity index (χ2v) is 6.60. The molecule has 0 bridgehead atoms. The van der Waals surface area contributed by atoms with E-state index in [1.807, 2.05) is 41.9 Å². The SMILES string of the molecule is Cn1c(Cl)cnc1CN1CCCN(C(=O)OCc2ccccc2)CC1. The van der Waals surface area contributed by atoms with Crippen LogP contribution in [0.4, 0.5) is 4.79 Å². The van der Waals surface area contributed by atoms with Crippen molar-refractivity contribution in [2.45, 2.75) is 19.6 Å². The molecule has 0 N–H and O–H groups in total. The summed E-state index contributed by atoms with van der Waals surface area (Å²) in [5.74, 6) is 0.935. The first-order valence-electron chi connectivity index (χ1n) is 8.47. The average Bonchev–Trinajstić information content (AvgIpc) is 2.83. The number of hydrogen-bond acceptors (Lipinski definition) is 4. The van der Waals surface area contributed by atoms with Gasteiger partial charge in [-0.1, -0.05) is 41.9 Å². The second-order valence-electron chi connectivity index (χ2n) is 6.21. The summed E-state index contributed by atoms with van der Waals surface area (Å²) in [6.07, 6.45) is 2.34. The van der Waals surface area contributed by atoms with Gasteiger partial charge < -0.3 is 14.2 Å². The minimum absolute atomic E-state index is 0.245. The Labute approximate surface area is 153 Å². The van der Waals surface area contributed by atoms with E-state index in [4.69, 9.17) is 16.3 Å². The van der Waals surface area contributed by atoms with E-state index >= 15 is 0 Å². The summed E-state index contributed by atoms with van der Waals surface area (Å²) in [5.41, 5.74) is 0.999. The average molecular weight is 363 g/mol. The number of amides is 1. The van der Waals surface area contributed by atoms with Crippen LogP contribution in [0.3, 0.4) is 0 Å². The van der Waals surface area contributed by atoms with E-state index < -0.39 is 0 Å². The van der Waals surface area contributed by atoms with E-state index in [1.165, 1.54) is 0 Å². The number of carbonyl (C=O) groups is 1. The van der Waals surface area contributed by atoms with Crippen LogP contribution in [0.25, 0.3) is 0 Å². The first-order chi connectivity index (χ1) is 12.1. The van der Waals surface area contributed by atoms with Crippen molar-refractivity contribution in [3.63, 3.8) is 0 Å². The van der Waals surface area contributed by atoms with Crippen molar-refractivity contribution in [2.24, 2.45) is 7.05 Å². The Balaban J connectivity index is 1.49. The van der Waals surface area contributed by atoms with Crippen LogP contribution in [-0.2, 0) is 24.9 Å². The lowest BCUT2D eigenvalue weighted by Gasteiger charge is -2.21. The Morgan fingerprint density at radius 1 is 1.20 bits per heavy atom. The van der Waals surface area contributed by atoms with Gasteiger partial charge in [-0.25, -0.2) is 9.78 Å². The van der Waals surface area contributed by atoms with E-state index in [-0.39, 0.29) is 6.09 Å². The first kappa shape index (κ1) is 17.8. The van der Waals surface area contributed by atoms with E-state index in [1.54, 1.807) is 11.1 Å². The van der Waals surface area contributed by atoms with Crippen LogP contribution in [0.15, 0.2) is 36.5 Å². The molecule has 1 aromatic carbocycles. The molecule has 25 heavy (non-hydrogen) atoms. The molecule has 1 aliphatic heterocycles. The third-order valence-corrected chi connectivity index (χ3v) is 4.80. The fraction of sp³-hybridized carbons (Fsp3) is 0.444. The maximum atomic E-state index is 12.3. The number of halogens is 1. The predicted octanol–water partition coefficient (Wildman–Crippen LogP) is 2.92. The van der Waals surface area contributed by atoms with Gasteiger partial charge in [-0.05, 0) is 12.0 Å². The molecule has 0 aliphatic carbocycles. The van der Waals surface area contributed by atoms with Gasteiger partial charge in [0.15, 0.2) is 0 Å². The summed E-state index contributed by atoms with van der Waals surface area (Å²) in [6.45, 7) is 4.14. The maximum Gasteiger partial charge on any atom is 0.410 e. The smallest absolute Gasteiger partial charge is 0.410 e. The van der Waals surface area contributed by atoms with Crippen molar-refractivity contribution in [2.75, 3.05) is 26.2 Å². The van der Waals surface area contributed by atoms with Gasteiger partial charge in [0.05, 0.1) is 12.7 Å². The zero-order valence-corrected chi connectivity index (χ0v) is 15.2. The zero-order valence-electron chi connectivity index (χ0n) is 14.4. The highest BCUT2D eigenvalue weighted by Gasteiger charge is 2.21. The monoisotopic (exact) mass is 362 g/mol. The third kappa shape index (κ3) is 4.74. The summed E-state index contributed by atoms with van der Waals surface area (Å²) < 4.78 is 7.32. The fourth-order valence-electron chi connectivity index (χ4n) is 2.89. The minimum atomic E-state index is -0.245. The molecule has 0 saturated carbocycles. The first-order valence-corrected chi connectivity index (χ1v) is 8.85. The standard InChI is InChI=1S/C18H23ClN4O2/c1-21-16(19)12-20-17(21)13-22-8-5-9-23(11-10-22)18(24)25-14-15-6-3-2-4-7-15/h2-4,6-7,12H,5,8-11,13-14H2,1H3. The normalized spacial score (nSPS) is 15.8. The number of rotatable bonds is 4. The highest BCUT2D eigenvalue weighted by molar-refractivity contribution is 6.29. The topological polar surface area (TPSA) is 50.6 Å². The van der Waals surface area contributed by atoms with Crippen LogP contribution in [0.2, 0.25) is 5.15 Å². The molecule has 0 atom stereocenters. The molecule has 1 aromatic heterocycles. The lowest BCUT2D eigenvalue weighted by atomic mass is 10.2. The number of carbonyl (C=O) groups excluding carboxylic acids is 1. The molecule has 1 aliphatic rings. The molecule has 2 heterocycles. The molecular formula is C18H23ClN4O2. The van der Waals surface area contributed by atoms with Crippen LogP contribution in [0.1, 0.15) is 17.8 Å². The van der Waals surface area contributed by atoms with Gasteiger partial charge in [-0.2, -0.15) is 0 Å². The van der Waals surface area contributed by atoms with Crippen LogP contribution in [-0.4, -0.2) is 51.6 Å². The molecule has 2 aromatic rings. The highest BCUT2D eigenvalue weighted by Crippen LogP contribution is 2.13. The number of hydrogen-bond donors (Lipinski definition) is 0. The van der Waals surface area contributed by atoms with E-state index in [0.29, 0.717) is 24.8 Å². The Hall–Kier alpha value is -2.05. The lowest BCUT2D eigenvalue weighted by Crippen LogP contribution is -2.35. The van der Waals surface area contributed by atoms with Crippen molar-refractivity contribution >= 4 is 17.7 Å². The van der Waals surface area contributed by atoms with Gasteiger partial charge in [0.25, 0.3) is 0 Å². The molecule has 1 fully saturated rings. The Kier molecular flexibility index (Phi) is 5.94. The maximum absolute atomic E-state index is 12.3. The molecule has 0 unspecified atom stereocenters. The molecule has 7 heteroatoms. The number of benzene rings is 1. The van der Waals surface area contributed by atoms with Crippen molar-refractivity contribution in [1.82, 2.24) is 19.4 Å². The molecule has 134 valence electrons. The summed E-state index contributed by atoms with van der Waals surface area (Å²) in [7, 11) is 1.91. The largest absolute Gasteiger partial charge is 0.445 e. The Morgan fingerprint density at radius 3 is 2.72 bits per heavy atom. The molecular weight excluding hydrogens is 340 g/mol. The van der Waals surface area contributed by atoms with Crippen LogP contribution >= 0.6 is 11.6 Å². The van der Waals surface area contributed by atoms with E-state index in [9.17, 15) is 4.79 Å². The van der Waals surface area contributed by atoms with Crippen LogP contribution in [0.5, 0.6) is 0 Å². The second kappa shape index (κ2) is 8.36. The van der Waals surface area contributed by atoms with Gasteiger partial charge in [0.1, 0.15) is 17.6 Å². The molecule has 0 radical (unpaired) electrons. The highest BCUT2D eigenvalue weighted by atomic mass is 35.5. The lowest BCUT2D eigenvalue weighted by molar-refractivity contribution is 0.0971. The van der Waals surface area contributed by atoms with Crippen molar-refractivity contribution in [3.05, 3.63) is 53.1 Å². The minimum Gasteiger partial charge on any atom is -0.445 e. The summed E-state index contributed by atoms with van der Waals surface area (Å²) >= 11 is 6.04. The van der Waals surface area contributed by atoms with E-state index in [2.05, 4.69) is 9.88 Å². The number of aromatic nitrogens is 2. The quantitative estimate of drug-likeness (QED) is 0.839. The number of imidazole rings is 1. The predicted molar refractivity (Wildman–Crippen MR) is 96.3 cm³/mol. The van der Waals surface area contributed by atoms with Crippen LogP contribution < -0.4 is 0 Å². The number of ether oxygens (including phenoxy) is 1. The van der Waals surface area contributed by atoms with Crippen molar-refractivity contribution in [3.8, 4) is 0 Å². The van der Waals surface area contributed by atoms with Gasteiger partial charge >= 0.3 is 6.09 Å². The summed E-state index contributed by atoms with van der Waals surface area (Å²) in [4.78, 5) is 20.7. The van der Waals surface area contributed by atoms with Gasteiger partial charge in [-0.15, -0.1) is 0 Å². The van der Waals surface area contributed by atoms with E-state index in [0.717, 1.165) is 37.4 Å². The molecule has 1 saturated heterocycles. The van der Waals surface area contributed by atoms with Gasteiger partial charge in [0.2, 0.25) is 0 Å². The van der Waals surface area contributed by atoms with Crippen molar-refractivity contribution in [1.29, 1.82) is 0 Å². The van der Waals surface area contributed by atoms with Crippen LogP contribution in [0, 0.1) is 0 Å². The summed E-state index contributed by atoms with van der Waals surface area (Å²) in [6, 6.07) is 9.74. The molecule has 6 nitrogen and oxygen atoms in total. The van der Waals surface area contributed by atoms with Gasteiger partial charge in [0, 0.05) is 33.2 Å². The van der Waals surface area contributed by atoms with Gasteiger partial charge in [-0.3, -0.25) is 4.90 Å². The number of nitrogens with zero attached hydrogens (tertiary/aromatic N) is 4. The Bertz CT molecular complexity index is 704.